The van der Waals surface area contributed by atoms with Crippen LogP contribution in [0.4, 0.5) is 18.9 Å². The number of halogens is 3. The number of rotatable bonds is 4. The molecule has 0 aliphatic carbocycles. The predicted molar refractivity (Wildman–Crippen MR) is 68.0 cm³/mol. The first-order chi connectivity index (χ1) is 9.20. The summed E-state index contributed by atoms with van der Waals surface area (Å²) in [5, 5.41) is 4.58. The molecule has 2 amide bonds. The second-order valence-electron chi connectivity index (χ2n) is 4.49. The maximum Gasteiger partial charge on any atom is 0.418 e. The Morgan fingerprint density at radius 2 is 1.75 bits per heavy atom. The molecule has 0 heterocycles. The van der Waals surface area contributed by atoms with Crippen molar-refractivity contribution in [3.8, 4) is 0 Å². The van der Waals surface area contributed by atoms with Gasteiger partial charge in [-0.2, -0.15) is 13.2 Å². The minimum absolute atomic E-state index is 0.141. The first-order valence-electron chi connectivity index (χ1n) is 5.95. The van der Waals surface area contributed by atoms with E-state index in [9.17, 15) is 22.8 Å². The van der Waals surface area contributed by atoms with E-state index in [1.807, 2.05) is 0 Å². The number of hydrogen-bond acceptors (Lipinski definition) is 2. The molecule has 1 rings (SSSR count). The summed E-state index contributed by atoms with van der Waals surface area (Å²) in [6.07, 6.45) is -5.09. The zero-order chi connectivity index (χ0) is 15.3. The monoisotopic (exact) mass is 288 g/mol. The van der Waals surface area contributed by atoms with Gasteiger partial charge in [-0.3, -0.25) is 9.59 Å². The first kappa shape index (κ1) is 16.0. The van der Waals surface area contributed by atoms with Crippen LogP contribution in [0.2, 0.25) is 0 Å². The van der Waals surface area contributed by atoms with E-state index in [4.69, 9.17) is 0 Å². The number of para-hydroxylation sites is 1. The van der Waals surface area contributed by atoms with Crippen LogP contribution in [0.3, 0.4) is 0 Å². The van der Waals surface area contributed by atoms with Crippen molar-refractivity contribution in [2.75, 3.05) is 5.32 Å². The molecule has 0 saturated carbocycles. The lowest BCUT2D eigenvalue weighted by molar-refractivity contribution is -0.137. The highest BCUT2D eigenvalue weighted by atomic mass is 19.4. The summed E-state index contributed by atoms with van der Waals surface area (Å²) in [6, 6.07) is 4.46. The Morgan fingerprint density at radius 1 is 1.15 bits per heavy atom. The van der Waals surface area contributed by atoms with Gasteiger partial charge in [0.05, 0.1) is 11.3 Å². The number of nitrogens with one attached hydrogen (secondary N) is 2. The van der Waals surface area contributed by atoms with Gasteiger partial charge in [0.25, 0.3) is 0 Å². The summed E-state index contributed by atoms with van der Waals surface area (Å²) in [4.78, 5) is 22.9. The Balaban J connectivity index is 2.74. The molecule has 0 aliphatic heterocycles. The Morgan fingerprint density at radius 3 is 2.30 bits per heavy atom. The Bertz CT molecular complexity index is 499. The quantitative estimate of drug-likeness (QED) is 0.837. The minimum atomic E-state index is -4.57. The molecular formula is C13H15F3N2O2. The third-order valence-corrected chi connectivity index (χ3v) is 2.28. The average Bonchev–Trinajstić information content (AvgIpc) is 2.26. The highest BCUT2D eigenvalue weighted by molar-refractivity contribution is 6.03. The van der Waals surface area contributed by atoms with Gasteiger partial charge in [-0.1, -0.05) is 12.1 Å². The van der Waals surface area contributed by atoms with Crippen molar-refractivity contribution in [1.29, 1.82) is 0 Å². The summed E-state index contributed by atoms with van der Waals surface area (Å²) < 4.78 is 38.1. The highest BCUT2D eigenvalue weighted by Crippen LogP contribution is 2.34. The third-order valence-electron chi connectivity index (χ3n) is 2.28. The molecular weight excluding hydrogens is 273 g/mol. The normalized spacial score (nSPS) is 11.3. The molecule has 2 N–H and O–H groups in total. The van der Waals surface area contributed by atoms with E-state index in [0.717, 1.165) is 12.1 Å². The van der Waals surface area contributed by atoms with Crippen LogP contribution in [-0.2, 0) is 15.8 Å². The molecule has 110 valence electrons. The van der Waals surface area contributed by atoms with E-state index in [1.165, 1.54) is 12.1 Å². The van der Waals surface area contributed by atoms with Crippen LogP contribution in [-0.4, -0.2) is 17.9 Å². The van der Waals surface area contributed by atoms with Gasteiger partial charge >= 0.3 is 6.18 Å². The van der Waals surface area contributed by atoms with Crippen LogP contribution >= 0.6 is 0 Å². The van der Waals surface area contributed by atoms with Gasteiger partial charge in [-0.15, -0.1) is 0 Å². The zero-order valence-corrected chi connectivity index (χ0v) is 11.0. The van der Waals surface area contributed by atoms with E-state index in [0.29, 0.717) is 0 Å². The standard InChI is InChI=1S/C13H15F3N2O2/c1-8(2)17-11(19)7-12(20)18-10-6-4-3-5-9(10)13(14,15)16/h3-6,8H,7H2,1-2H3,(H,17,19)(H,18,20). The molecule has 0 fully saturated rings. The minimum Gasteiger partial charge on any atom is -0.353 e. The maximum absolute atomic E-state index is 12.7. The average molecular weight is 288 g/mol. The van der Waals surface area contributed by atoms with E-state index in [-0.39, 0.29) is 11.7 Å². The number of carbonyl (C=O) groups is 2. The van der Waals surface area contributed by atoms with E-state index >= 15 is 0 Å². The smallest absolute Gasteiger partial charge is 0.353 e. The maximum atomic E-state index is 12.7. The lowest BCUT2D eigenvalue weighted by Crippen LogP contribution is -2.33. The van der Waals surface area contributed by atoms with Crippen molar-refractivity contribution in [2.45, 2.75) is 32.5 Å². The number of carbonyl (C=O) groups excluding carboxylic acids is 2. The van der Waals surface area contributed by atoms with Crippen LogP contribution < -0.4 is 10.6 Å². The van der Waals surface area contributed by atoms with Crippen LogP contribution in [0.5, 0.6) is 0 Å². The van der Waals surface area contributed by atoms with Gasteiger partial charge in [-0.25, -0.2) is 0 Å². The van der Waals surface area contributed by atoms with Gasteiger partial charge < -0.3 is 10.6 Å². The van der Waals surface area contributed by atoms with Crippen LogP contribution in [0.25, 0.3) is 0 Å². The van der Waals surface area contributed by atoms with Gasteiger partial charge in [0.2, 0.25) is 11.8 Å². The Kier molecular flexibility index (Phi) is 5.12. The number of amides is 2. The van der Waals surface area contributed by atoms with E-state index < -0.39 is 30.0 Å². The molecule has 0 aliphatic rings. The largest absolute Gasteiger partial charge is 0.418 e. The summed E-state index contributed by atoms with van der Waals surface area (Å²) in [5.74, 6) is -1.33. The van der Waals surface area contributed by atoms with Crippen molar-refractivity contribution in [3.63, 3.8) is 0 Å². The van der Waals surface area contributed by atoms with E-state index in [1.54, 1.807) is 13.8 Å². The number of alkyl halides is 3. The molecule has 0 atom stereocenters. The summed E-state index contributed by atoms with van der Waals surface area (Å²) in [6.45, 7) is 3.43. The molecule has 0 radical (unpaired) electrons. The van der Waals surface area contributed by atoms with Gasteiger partial charge in [0.1, 0.15) is 6.42 Å². The molecule has 7 heteroatoms. The molecule has 1 aromatic carbocycles. The summed E-state index contributed by atoms with van der Waals surface area (Å²) in [7, 11) is 0. The Hall–Kier alpha value is -2.05. The summed E-state index contributed by atoms with van der Waals surface area (Å²) >= 11 is 0. The number of hydrogen-bond donors (Lipinski definition) is 2. The molecule has 0 unspecified atom stereocenters. The molecule has 0 bridgehead atoms. The Labute approximate surface area is 114 Å². The fraction of sp³-hybridized carbons (Fsp3) is 0.385. The first-order valence-corrected chi connectivity index (χ1v) is 5.95. The van der Waals surface area contributed by atoms with Gasteiger partial charge in [0.15, 0.2) is 0 Å². The van der Waals surface area contributed by atoms with Crippen molar-refractivity contribution in [3.05, 3.63) is 29.8 Å². The number of anilines is 1. The highest BCUT2D eigenvalue weighted by Gasteiger charge is 2.33. The molecule has 0 saturated heterocycles. The molecule has 1 aromatic rings. The third kappa shape index (κ3) is 4.91. The SMILES string of the molecule is CC(C)NC(=O)CC(=O)Nc1ccccc1C(F)(F)F. The van der Waals surface area contributed by atoms with Crippen molar-refractivity contribution in [1.82, 2.24) is 5.32 Å². The van der Waals surface area contributed by atoms with Crippen LogP contribution in [0.1, 0.15) is 25.8 Å². The van der Waals surface area contributed by atoms with Crippen molar-refractivity contribution in [2.24, 2.45) is 0 Å². The molecule has 0 spiro atoms. The second-order valence-corrected chi connectivity index (χ2v) is 4.49. The fourth-order valence-electron chi connectivity index (χ4n) is 1.55. The summed E-state index contributed by atoms with van der Waals surface area (Å²) in [5.41, 5.74) is -1.31. The van der Waals surface area contributed by atoms with Crippen LogP contribution in [0, 0.1) is 0 Å². The second kappa shape index (κ2) is 6.40. The van der Waals surface area contributed by atoms with Crippen LogP contribution in [0.15, 0.2) is 24.3 Å². The van der Waals surface area contributed by atoms with E-state index in [2.05, 4.69) is 10.6 Å². The zero-order valence-electron chi connectivity index (χ0n) is 11.0. The predicted octanol–water partition coefficient (Wildman–Crippen LogP) is 2.56. The van der Waals surface area contributed by atoms with Crippen molar-refractivity contribution >= 4 is 17.5 Å². The molecule has 4 nitrogen and oxygen atoms in total. The van der Waals surface area contributed by atoms with Gasteiger partial charge in [-0.05, 0) is 26.0 Å². The fourth-order valence-corrected chi connectivity index (χ4v) is 1.55. The lowest BCUT2D eigenvalue weighted by atomic mass is 10.1. The molecule has 20 heavy (non-hydrogen) atoms. The van der Waals surface area contributed by atoms with Gasteiger partial charge in [0, 0.05) is 6.04 Å². The topological polar surface area (TPSA) is 58.2 Å². The lowest BCUT2D eigenvalue weighted by Gasteiger charge is -2.13. The van der Waals surface area contributed by atoms with Crippen molar-refractivity contribution < 1.29 is 22.8 Å². The molecule has 0 aromatic heterocycles. The number of benzene rings is 1.